The Hall–Kier alpha value is -1.94. The zero-order chi connectivity index (χ0) is 13.9. The minimum absolute atomic E-state index is 0.222. The van der Waals surface area contributed by atoms with Gasteiger partial charge >= 0.3 is 0 Å². The molecule has 0 aromatic heterocycles. The lowest BCUT2D eigenvalue weighted by molar-refractivity contribution is 0.220. The second kappa shape index (κ2) is 5.36. The van der Waals surface area contributed by atoms with E-state index in [0.717, 1.165) is 11.8 Å². The molecule has 0 radical (unpaired) electrons. The molecule has 2 aromatic rings. The molecule has 0 heterocycles. The first kappa shape index (κ1) is 13.5. The predicted molar refractivity (Wildman–Crippen MR) is 70.9 cm³/mol. The van der Waals surface area contributed by atoms with Crippen molar-refractivity contribution in [3.63, 3.8) is 0 Å². The number of aliphatic hydroxyl groups is 1. The molecule has 0 saturated carbocycles. The fourth-order valence-electron chi connectivity index (χ4n) is 1.97. The molecule has 0 amide bonds. The molecule has 0 aliphatic carbocycles. The van der Waals surface area contributed by atoms with Crippen LogP contribution >= 0.6 is 0 Å². The highest BCUT2D eigenvalue weighted by Gasteiger charge is 2.28. The summed E-state index contributed by atoms with van der Waals surface area (Å²) < 4.78 is 26.8. The SMILES string of the molecule is CC(CO)(Nc1ccccc1)c1ccc(F)cc1F. The van der Waals surface area contributed by atoms with Gasteiger partial charge in [-0.2, -0.15) is 0 Å². The van der Waals surface area contributed by atoms with E-state index >= 15 is 0 Å². The first-order chi connectivity index (χ1) is 9.05. The van der Waals surface area contributed by atoms with Crippen LogP contribution in [0.5, 0.6) is 0 Å². The topological polar surface area (TPSA) is 32.3 Å². The van der Waals surface area contributed by atoms with E-state index in [9.17, 15) is 13.9 Å². The number of para-hydroxylation sites is 1. The molecule has 2 N–H and O–H groups in total. The molecule has 0 saturated heterocycles. The predicted octanol–water partition coefficient (Wildman–Crippen LogP) is 3.28. The van der Waals surface area contributed by atoms with Crippen LogP contribution in [0.4, 0.5) is 14.5 Å². The third-order valence-electron chi connectivity index (χ3n) is 3.04. The number of anilines is 1. The molecule has 0 fully saturated rings. The molecule has 0 bridgehead atoms. The Kier molecular flexibility index (Phi) is 3.81. The maximum atomic E-state index is 13.8. The van der Waals surface area contributed by atoms with Crippen molar-refractivity contribution in [2.45, 2.75) is 12.5 Å². The standard InChI is InChI=1S/C15H15F2NO/c1-15(10-19,18-12-5-3-2-4-6-12)13-8-7-11(16)9-14(13)17/h2-9,18-19H,10H2,1H3. The van der Waals surface area contributed by atoms with Gasteiger partial charge < -0.3 is 10.4 Å². The molecule has 100 valence electrons. The van der Waals surface area contributed by atoms with Crippen LogP contribution in [0, 0.1) is 11.6 Å². The van der Waals surface area contributed by atoms with Gasteiger partial charge in [-0.1, -0.05) is 24.3 Å². The van der Waals surface area contributed by atoms with Gasteiger partial charge in [-0.3, -0.25) is 0 Å². The van der Waals surface area contributed by atoms with E-state index in [2.05, 4.69) is 5.32 Å². The lowest BCUT2D eigenvalue weighted by Crippen LogP contribution is -2.36. The Labute approximate surface area is 110 Å². The van der Waals surface area contributed by atoms with Crippen molar-refractivity contribution in [2.75, 3.05) is 11.9 Å². The normalized spacial score (nSPS) is 13.9. The molecular formula is C15H15F2NO. The average Bonchev–Trinajstić information content (AvgIpc) is 2.39. The minimum Gasteiger partial charge on any atom is -0.394 e. The van der Waals surface area contributed by atoms with Crippen molar-refractivity contribution in [1.29, 1.82) is 0 Å². The number of benzene rings is 2. The highest BCUT2D eigenvalue weighted by atomic mass is 19.1. The molecule has 0 aliphatic heterocycles. The third kappa shape index (κ3) is 2.90. The second-order valence-corrected chi connectivity index (χ2v) is 4.61. The Morgan fingerprint density at radius 3 is 2.37 bits per heavy atom. The van der Waals surface area contributed by atoms with Crippen LogP contribution in [0.3, 0.4) is 0 Å². The summed E-state index contributed by atoms with van der Waals surface area (Å²) in [5.74, 6) is -1.32. The lowest BCUT2D eigenvalue weighted by Gasteiger charge is -2.30. The summed E-state index contributed by atoms with van der Waals surface area (Å²) in [6.07, 6.45) is 0. The van der Waals surface area contributed by atoms with Crippen LogP contribution in [0.25, 0.3) is 0 Å². The zero-order valence-electron chi connectivity index (χ0n) is 10.5. The molecule has 2 aromatic carbocycles. The summed E-state index contributed by atoms with van der Waals surface area (Å²) in [5, 5.41) is 12.6. The number of aliphatic hydroxyl groups excluding tert-OH is 1. The molecular weight excluding hydrogens is 248 g/mol. The summed E-state index contributed by atoms with van der Waals surface area (Å²) in [4.78, 5) is 0. The highest BCUT2D eigenvalue weighted by molar-refractivity contribution is 5.47. The largest absolute Gasteiger partial charge is 0.394 e. The van der Waals surface area contributed by atoms with E-state index in [1.165, 1.54) is 12.1 Å². The number of halogens is 2. The van der Waals surface area contributed by atoms with Gasteiger partial charge in [0.25, 0.3) is 0 Å². The van der Waals surface area contributed by atoms with Crippen molar-refractivity contribution in [3.05, 3.63) is 65.7 Å². The van der Waals surface area contributed by atoms with Crippen molar-refractivity contribution in [1.82, 2.24) is 0 Å². The first-order valence-corrected chi connectivity index (χ1v) is 5.95. The summed E-state index contributed by atoms with van der Waals surface area (Å²) in [6.45, 7) is 1.35. The Bertz CT molecular complexity index is 559. The minimum atomic E-state index is -1.01. The van der Waals surface area contributed by atoms with Gasteiger partial charge in [0.05, 0.1) is 12.1 Å². The van der Waals surface area contributed by atoms with Crippen molar-refractivity contribution < 1.29 is 13.9 Å². The van der Waals surface area contributed by atoms with Gasteiger partial charge in [0.15, 0.2) is 0 Å². The Morgan fingerprint density at radius 2 is 1.79 bits per heavy atom. The molecule has 2 nitrogen and oxygen atoms in total. The Morgan fingerprint density at radius 1 is 1.11 bits per heavy atom. The molecule has 2 rings (SSSR count). The second-order valence-electron chi connectivity index (χ2n) is 4.61. The molecule has 0 aliphatic rings. The van der Waals surface area contributed by atoms with Crippen LogP contribution < -0.4 is 5.32 Å². The fourth-order valence-corrected chi connectivity index (χ4v) is 1.97. The van der Waals surface area contributed by atoms with Gasteiger partial charge in [-0.15, -0.1) is 0 Å². The van der Waals surface area contributed by atoms with Crippen LogP contribution in [0.15, 0.2) is 48.5 Å². The van der Waals surface area contributed by atoms with E-state index < -0.39 is 17.2 Å². The monoisotopic (exact) mass is 263 g/mol. The van der Waals surface area contributed by atoms with E-state index in [4.69, 9.17) is 0 Å². The summed E-state index contributed by atoms with van der Waals surface area (Å²) in [5.41, 5.74) is -0.0397. The van der Waals surface area contributed by atoms with Crippen LogP contribution in [0.2, 0.25) is 0 Å². The van der Waals surface area contributed by atoms with Crippen molar-refractivity contribution in [3.8, 4) is 0 Å². The average molecular weight is 263 g/mol. The number of hydrogen-bond donors (Lipinski definition) is 2. The van der Waals surface area contributed by atoms with E-state index in [1.807, 2.05) is 30.3 Å². The van der Waals surface area contributed by atoms with Gasteiger partial charge in [-0.25, -0.2) is 8.78 Å². The summed E-state index contributed by atoms with van der Waals surface area (Å²) >= 11 is 0. The maximum absolute atomic E-state index is 13.8. The number of hydrogen-bond acceptors (Lipinski definition) is 2. The summed E-state index contributed by atoms with van der Waals surface area (Å²) in [7, 11) is 0. The van der Waals surface area contributed by atoms with Crippen LogP contribution in [-0.2, 0) is 5.54 Å². The van der Waals surface area contributed by atoms with Crippen LogP contribution in [0.1, 0.15) is 12.5 Å². The van der Waals surface area contributed by atoms with Gasteiger partial charge in [0.2, 0.25) is 0 Å². The first-order valence-electron chi connectivity index (χ1n) is 5.95. The molecule has 1 atom stereocenters. The molecule has 0 spiro atoms. The van der Waals surface area contributed by atoms with Crippen molar-refractivity contribution in [2.24, 2.45) is 0 Å². The van der Waals surface area contributed by atoms with Gasteiger partial charge in [0.1, 0.15) is 11.6 Å². The van der Waals surface area contributed by atoms with Gasteiger partial charge in [-0.05, 0) is 25.1 Å². The quantitative estimate of drug-likeness (QED) is 0.887. The molecule has 4 heteroatoms. The lowest BCUT2D eigenvalue weighted by atomic mass is 9.92. The number of rotatable bonds is 4. The summed E-state index contributed by atoms with van der Waals surface area (Å²) in [6, 6.07) is 12.5. The molecule has 19 heavy (non-hydrogen) atoms. The van der Waals surface area contributed by atoms with Gasteiger partial charge in [0, 0.05) is 17.3 Å². The van der Waals surface area contributed by atoms with Crippen molar-refractivity contribution >= 4 is 5.69 Å². The highest BCUT2D eigenvalue weighted by Crippen LogP contribution is 2.28. The Balaban J connectivity index is 2.36. The van der Waals surface area contributed by atoms with Crippen LogP contribution in [-0.4, -0.2) is 11.7 Å². The number of nitrogens with one attached hydrogen (secondary N) is 1. The van der Waals surface area contributed by atoms with E-state index in [-0.39, 0.29) is 12.2 Å². The smallest absolute Gasteiger partial charge is 0.131 e. The third-order valence-corrected chi connectivity index (χ3v) is 3.04. The van der Waals surface area contributed by atoms with E-state index in [1.54, 1.807) is 6.92 Å². The maximum Gasteiger partial charge on any atom is 0.131 e. The molecule has 1 unspecified atom stereocenters. The fraction of sp³-hybridized carbons (Fsp3) is 0.200. The zero-order valence-corrected chi connectivity index (χ0v) is 10.5. The van der Waals surface area contributed by atoms with E-state index in [0.29, 0.717) is 0 Å².